The van der Waals surface area contributed by atoms with Gasteiger partial charge in [-0.15, -0.1) is 9.34 Å². The summed E-state index contributed by atoms with van der Waals surface area (Å²) < 4.78 is 7.25. The molecule has 0 rings (SSSR count). The third-order valence-electron chi connectivity index (χ3n) is 3.95. The van der Waals surface area contributed by atoms with Crippen molar-refractivity contribution in [3.63, 3.8) is 0 Å². The molecule has 5 heteroatoms. The van der Waals surface area contributed by atoms with Gasteiger partial charge in [0.1, 0.15) is 12.5 Å². The third kappa shape index (κ3) is 4.40. The summed E-state index contributed by atoms with van der Waals surface area (Å²) in [5.41, 5.74) is 0. The standard InChI is InChI=1S/C14H34N4P/c1-7-11-12-13-19(16(5)8-2,17(6)9-3)18(10-4)14-15/h14-15H,7-13H2,1-6H3/q+1. The van der Waals surface area contributed by atoms with E-state index < -0.39 is 7.71 Å². The van der Waals surface area contributed by atoms with Crippen LogP contribution in [0.15, 0.2) is 0 Å². The van der Waals surface area contributed by atoms with Crippen LogP contribution in [0.2, 0.25) is 0 Å². The molecule has 19 heavy (non-hydrogen) atoms. The van der Waals surface area contributed by atoms with Gasteiger partial charge in [-0.05, 0) is 33.6 Å². The monoisotopic (exact) mass is 289 g/mol. The Morgan fingerprint density at radius 3 is 1.74 bits per heavy atom. The zero-order valence-corrected chi connectivity index (χ0v) is 14.7. The molecule has 0 saturated heterocycles. The van der Waals surface area contributed by atoms with Gasteiger partial charge in [0.05, 0.1) is 6.54 Å². The molecule has 1 N–H and O–H groups in total. The highest BCUT2D eigenvalue weighted by molar-refractivity contribution is 7.69. The van der Waals surface area contributed by atoms with Gasteiger partial charge in [-0.3, -0.25) is 5.41 Å². The number of hydrogen-bond donors (Lipinski definition) is 1. The molecule has 0 unspecified atom stereocenters. The van der Waals surface area contributed by atoms with Gasteiger partial charge in [0.25, 0.3) is 0 Å². The highest BCUT2D eigenvalue weighted by atomic mass is 31.2. The van der Waals surface area contributed by atoms with Crippen LogP contribution in [-0.2, 0) is 0 Å². The average Bonchev–Trinajstić information content (AvgIpc) is 2.45. The van der Waals surface area contributed by atoms with Crippen LogP contribution in [0.25, 0.3) is 0 Å². The van der Waals surface area contributed by atoms with E-state index in [1.54, 1.807) is 6.34 Å². The zero-order valence-electron chi connectivity index (χ0n) is 13.8. The van der Waals surface area contributed by atoms with Crippen molar-refractivity contribution in [1.82, 2.24) is 14.0 Å². The summed E-state index contributed by atoms with van der Waals surface area (Å²) in [7, 11) is 2.88. The van der Waals surface area contributed by atoms with Crippen molar-refractivity contribution in [1.29, 1.82) is 5.41 Å². The maximum atomic E-state index is 7.81. The molecule has 0 fully saturated rings. The fraction of sp³-hybridized carbons (Fsp3) is 0.929. The van der Waals surface area contributed by atoms with Crippen LogP contribution in [0.1, 0.15) is 47.0 Å². The van der Waals surface area contributed by atoms with Gasteiger partial charge in [0.15, 0.2) is 0 Å². The van der Waals surface area contributed by atoms with E-state index in [4.69, 9.17) is 5.41 Å². The van der Waals surface area contributed by atoms with E-state index >= 15 is 0 Å². The Morgan fingerprint density at radius 1 is 0.895 bits per heavy atom. The first-order valence-corrected chi connectivity index (χ1v) is 9.47. The lowest BCUT2D eigenvalue weighted by Gasteiger charge is -2.44. The van der Waals surface area contributed by atoms with Gasteiger partial charge in [0, 0.05) is 27.2 Å². The van der Waals surface area contributed by atoms with E-state index in [0.717, 1.165) is 19.6 Å². The third-order valence-corrected chi connectivity index (χ3v) is 8.85. The van der Waals surface area contributed by atoms with Gasteiger partial charge in [-0.2, -0.15) is 0 Å². The minimum atomic E-state index is -1.56. The number of nitrogens with one attached hydrogen (secondary N) is 1. The van der Waals surface area contributed by atoms with Crippen LogP contribution in [-0.4, -0.2) is 60.2 Å². The summed E-state index contributed by atoms with van der Waals surface area (Å²) in [6.07, 6.45) is 6.54. The predicted octanol–water partition coefficient (Wildman–Crippen LogP) is 3.77. The molecule has 0 bridgehead atoms. The van der Waals surface area contributed by atoms with E-state index in [1.165, 1.54) is 25.4 Å². The molecule has 0 heterocycles. The maximum Gasteiger partial charge on any atom is 0.250 e. The van der Waals surface area contributed by atoms with Gasteiger partial charge < -0.3 is 0 Å². The molecule has 0 aromatic carbocycles. The molecule has 0 spiro atoms. The summed E-state index contributed by atoms with van der Waals surface area (Å²) in [6, 6.07) is 0. The second kappa shape index (κ2) is 9.68. The van der Waals surface area contributed by atoms with Crippen LogP contribution in [0.5, 0.6) is 0 Å². The fourth-order valence-corrected chi connectivity index (χ4v) is 7.00. The first-order valence-electron chi connectivity index (χ1n) is 7.63. The van der Waals surface area contributed by atoms with Crippen molar-refractivity contribution < 1.29 is 0 Å². The molecule has 0 aromatic heterocycles. The lowest BCUT2D eigenvalue weighted by Crippen LogP contribution is -2.43. The second-order valence-electron chi connectivity index (χ2n) is 4.96. The van der Waals surface area contributed by atoms with Gasteiger partial charge >= 0.3 is 0 Å². The first-order chi connectivity index (χ1) is 9.04. The lowest BCUT2D eigenvalue weighted by atomic mass is 10.3. The quantitative estimate of drug-likeness (QED) is 0.272. The molecule has 114 valence electrons. The van der Waals surface area contributed by atoms with E-state index in [1.807, 2.05) is 0 Å². The van der Waals surface area contributed by atoms with Gasteiger partial charge in [0.2, 0.25) is 7.71 Å². The maximum absolute atomic E-state index is 7.81. The molecular weight excluding hydrogens is 255 g/mol. The fourth-order valence-electron chi connectivity index (χ4n) is 2.56. The van der Waals surface area contributed by atoms with Crippen molar-refractivity contribution in [2.75, 3.05) is 39.9 Å². The highest BCUT2D eigenvalue weighted by Crippen LogP contribution is 2.65. The smallest absolute Gasteiger partial charge is 0.250 e. The Kier molecular flexibility index (Phi) is 9.59. The summed E-state index contributed by atoms with van der Waals surface area (Å²) in [4.78, 5) is 0. The van der Waals surface area contributed by atoms with E-state index in [0.29, 0.717) is 0 Å². The molecule has 0 aromatic rings. The normalized spacial score (nSPS) is 12.2. The molecule has 0 saturated carbocycles. The van der Waals surface area contributed by atoms with Crippen LogP contribution in [0.4, 0.5) is 0 Å². The summed E-state index contributed by atoms with van der Waals surface area (Å²) in [5, 5.41) is 7.81. The summed E-state index contributed by atoms with van der Waals surface area (Å²) in [5.74, 6) is 0. The van der Waals surface area contributed by atoms with Crippen molar-refractivity contribution in [3.8, 4) is 0 Å². The molecule has 0 atom stereocenters. The number of nitrogens with zero attached hydrogens (tertiary/aromatic N) is 3. The lowest BCUT2D eigenvalue weighted by molar-refractivity contribution is 0.415. The zero-order chi connectivity index (χ0) is 14.9. The van der Waals surface area contributed by atoms with Crippen molar-refractivity contribution in [2.45, 2.75) is 47.0 Å². The first kappa shape index (κ1) is 18.8. The summed E-state index contributed by atoms with van der Waals surface area (Å²) in [6.45, 7) is 11.8. The highest BCUT2D eigenvalue weighted by Gasteiger charge is 2.50. The molecule has 4 nitrogen and oxygen atoms in total. The SMILES string of the molecule is CCCCC[P+](N(C)CC)(N(C)CC)N(C=N)CC. The van der Waals surface area contributed by atoms with Crippen LogP contribution < -0.4 is 0 Å². The van der Waals surface area contributed by atoms with Gasteiger partial charge in [-0.1, -0.05) is 13.3 Å². The molecule has 0 aliphatic rings. The van der Waals surface area contributed by atoms with Crippen LogP contribution in [0.3, 0.4) is 0 Å². The molecule has 0 radical (unpaired) electrons. The minimum absolute atomic E-state index is 0.915. The number of unbranched alkanes of at least 4 members (excludes halogenated alkanes) is 2. The van der Waals surface area contributed by atoms with E-state index in [-0.39, 0.29) is 0 Å². The Hall–Kier alpha value is -0.180. The number of rotatable bonds is 11. The Bertz CT molecular complexity index is 238. The topological polar surface area (TPSA) is 33.6 Å². The molecule has 0 amide bonds. The predicted molar refractivity (Wildman–Crippen MR) is 89.1 cm³/mol. The average molecular weight is 289 g/mol. The van der Waals surface area contributed by atoms with Crippen LogP contribution in [0, 0.1) is 5.41 Å². The van der Waals surface area contributed by atoms with Crippen LogP contribution >= 0.6 is 7.71 Å². The minimum Gasteiger partial charge on any atom is -0.288 e. The Morgan fingerprint density at radius 2 is 1.42 bits per heavy atom. The number of hydrogen-bond acceptors (Lipinski definition) is 3. The molecule has 0 aliphatic heterocycles. The van der Waals surface area contributed by atoms with Crippen molar-refractivity contribution in [3.05, 3.63) is 0 Å². The van der Waals surface area contributed by atoms with Crippen molar-refractivity contribution in [2.24, 2.45) is 0 Å². The largest absolute Gasteiger partial charge is 0.288 e. The Labute approximate surface area is 121 Å². The molecule has 0 aliphatic carbocycles. The second-order valence-corrected chi connectivity index (χ2v) is 8.67. The van der Waals surface area contributed by atoms with E-state index in [2.05, 4.69) is 55.8 Å². The van der Waals surface area contributed by atoms with E-state index in [9.17, 15) is 0 Å². The molecular formula is C14H34N4P+. The van der Waals surface area contributed by atoms with Crippen molar-refractivity contribution >= 4 is 14.1 Å². The summed E-state index contributed by atoms with van der Waals surface area (Å²) >= 11 is 0. The van der Waals surface area contributed by atoms with Gasteiger partial charge in [-0.25, -0.2) is 4.67 Å². The Balaban J connectivity index is 5.36.